The van der Waals surface area contributed by atoms with Gasteiger partial charge in [-0.2, -0.15) is 10.2 Å². The standard InChI is InChI=1S/C20H22N4O6/c1-27-15-9-5-7-13(17(15)29-3)11-21-23-19(25)20(26)24-22-12-14-8-6-10-16(28-2)18(14)30-4/h5-12H,1-4H3,(H,23,25)(H,24,26)/b21-11-,22-12-. The average Bonchev–Trinajstić information content (AvgIpc) is 2.78. The van der Waals surface area contributed by atoms with Crippen molar-refractivity contribution < 1.29 is 28.5 Å². The van der Waals surface area contributed by atoms with Crippen LogP contribution in [0.4, 0.5) is 0 Å². The minimum atomic E-state index is -0.997. The summed E-state index contributed by atoms with van der Waals surface area (Å²) in [6, 6.07) is 10.3. The Hall–Kier alpha value is -4.08. The summed E-state index contributed by atoms with van der Waals surface area (Å²) in [4.78, 5) is 23.7. The van der Waals surface area contributed by atoms with Gasteiger partial charge in [0.1, 0.15) is 0 Å². The van der Waals surface area contributed by atoms with Crippen molar-refractivity contribution in [2.75, 3.05) is 28.4 Å². The molecule has 158 valence electrons. The molecule has 0 aliphatic heterocycles. The summed E-state index contributed by atoms with van der Waals surface area (Å²) in [6.45, 7) is 0. The third-order valence-corrected chi connectivity index (χ3v) is 3.81. The Bertz CT molecular complexity index is 881. The van der Waals surface area contributed by atoms with Gasteiger partial charge in [-0.15, -0.1) is 0 Å². The van der Waals surface area contributed by atoms with Crippen LogP contribution in [-0.2, 0) is 9.59 Å². The maximum absolute atomic E-state index is 11.9. The van der Waals surface area contributed by atoms with Crippen molar-refractivity contribution in [3.63, 3.8) is 0 Å². The summed E-state index contributed by atoms with van der Waals surface area (Å²) in [6.07, 6.45) is 2.66. The van der Waals surface area contributed by atoms with Crippen LogP contribution in [-0.4, -0.2) is 52.7 Å². The molecule has 30 heavy (non-hydrogen) atoms. The smallest absolute Gasteiger partial charge is 0.331 e. The third kappa shape index (κ3) is 5.47. The Labute approximate surface area is 173 Å². The van der Waals surface area contributed by atoms with Crippen molar-refractivity contribution in [3.05, 3.63) is 47.5 Å². The number of carbonyl (C=O) groups is 2. The molecule has 0 heterocycles. The van der Waals surface area contributed by atoms with Gasteiger partial charge in [-0.05, 0) is 24.3 Å². The fourth-order valence-electron chi connectivity index (χ4n) is 2.45. The van der Waals surface area contributed by atoms with Gasteiger partial charge >= 0.3 is 11.8 Å². The number of rotatable bonds is 8. The highest BCUT2D eigenvalue weighted by molar-refractivity contribution is 6.35. The van der Waals surface area contributed by atoms with Gasteiger partial charge in [0.25, 0.3) is 0 Å². The lowest BCUT2D eigenvalue weighted by Gasteiger charge is -2.09. The van der Waals surface area contributed by atoms with Crippen LogP contribution in [0.2, 0.25) is 0 Å². The number of nitrogens with zero attached hydrogens (tertiary/aromatic N) is 2. The molecule has 0 saturated carbocycles. The third-order valence-electron chi connectivity index (χ3n) is 3.81. The first kappa shape index (κ1) is 22.2. The minimum Gasteiger partial charge on any atom is -0.493 e. The SMILES string of the molecule is COc1cccc(/C=N\NC(=O)C(=O)N/N=C\c2cccc(OC)c2OC)c1OC. The number of carbonyl (C=O) groups excluding carboxylic acids is 2. The van der Waals surface area contributed by atoms with Crippen LogP contribution in [0.1, 0.15) is 11.1 Å². The molecule has 0 fully saturated rings. The molecule has 2 aromatic carbocycles. The lowest BCUT2D eigenvalue weighted by molar-refractivity contribution is -0.139. The normalized spacial score (nSPS) is 10.7. The summed E-state index contributed by atoms with van der Waals surface area (Å²) >= 11 is 0. The first-order valence-electron chi connectivity index (χ1n) is 8.64. The number of amides is 2. The predicted octanol–water partition coefficient (Wildman–Crippen LogP) is 1.32. The molecule has 0 aliphatic rings. The first-order valence-corrected chi connectivity index (χ1v) is 8.64. The molecule has 0 spiro atoms. The Morgan fingerprint density at radius 2 is 1.10 bits per heavy atom. The quantitative estimate of drug-likeness (QED) is 0.382. The Kier molecular flexibility index (Phi) is 8.18. The largest absolute Gasteiger partial charge is 0.493 e. The van der Waals surface area contributed by atoms with E-state index in [0.29, 0.717) is 34.1 Å². The highest BCUT2D eigenvalue weighted by Crippen LogP contribution is 2.30. The lowest BCUT2D eigenvalue weighted by atomic mass is 10.2. The van der Waals surface area contributed by atoms with Gasteiger partial charge in [-0.3, -0.25) is 9.59 Å². The van der Waals surface area contributed by atoms with E-state index in [0.717, 1.165) is 0 Å². The second-order valence-electron chi connectivity index (χ2n) is 5.56. The van der Waals surface area contributed by atoms with Crippen molar-refractivity contribution in [1.29, 1.82) is 0 Å². The second-order valence-corrected chi connectivity index (χ2v) is 5.56. The molecule has 0 atom stereocenters. The van der Waals surface area contributed by atoms with Gasteiger partial charge in [0.15, 0.2) is 23.0 Å². The monoisotopic (exact) mass is 414 g/mol. The van der Waals surface area contributed by atoms with Crippen molar-refractivity contribution in [2.45, 2.75) is 0 Å². The van der Waals surface area contributed by atoms with E-state index in [-0.39, 0.29) is 0 Å². The molecule has 0 aromatic heterocycles. The molecule has 10 heteroatoms. The number of ether oxygens (including phenoxy) is 4. The fourth-order valence-corrected chi connectivity index (χ4v) is 2.45. The van der Waals surface area contributed by atoms with Gasteiger partial charge < -0.3 is 18.9 Å². The zero-order valence-corrected chi connectivity index (χ0v) is 17.0. The van der Waals surface area contributed by atoms with Crippen LogP contribution in [0.3, 0.4) is 0 Å². The van der Waals surface area contributed by atoms with E-state index in [1.165, 1.54) is 40.9 Å². The maximum Gasteiger partial charge on any atom is 0.331 e. The van der Waals surface area contributed by atoms with Crippen molar-refractivity contribution in [1.82, 2.24) is 10.9 Å². The van der Waals surface area contributed by atoms with E-state index >= 15 is 0 Å². The first-order chi connectivity index (χ1) is 14.5. The van der Waals surface area contributed by atoms with Gasteiger partial charge in [-0.1, -0.05) is 12.1 Å². The number of hydrogen-bond donors (Lipinski definition) is 2. The van der Waals surface area contributed by atoms with Crippen LogP contribution < -0.4 is 29.8 Å². The number of nitrogens with one attached hydrogen (secondary N) is 2. The van der Waals surface area contributed by atoms with Crippen LogP contribution in [0, 0.1) is 0 Å². The van der Waals surface area contributed by atoms with Crippen molar-refractivity contribution in [3.8, 4) is 23.0 Å². The topological polar surface area (TPSA) is 120 Å². The number of methoxy groups -OCH3 is 4. The zero-order chi connectivity index (χ0) is 21.9. The number of hydrogen-bond acceptors (Lipinski definition) is 8. The van der Waals surface area contributed by atoms with E-state index in [2.05, 4.69) is 21.1 Å². The second kappa shape index (κ2) is 11.1. The molecule has 2 amide bonds. The average molecular weight is 414 g/mol. The number of hydrazone groups is 2. The fraction of sp³-hybridized carbons (Fsp3) is 0.200. The number of benzene rings is 2. The molecule has 2 N–H and O–H groups in total. The minimum absolute atomic E-state index is 0.444. The lowest BCUT2D eigenvalue weighted by Crippen LogP contribution is -2.35. The molecule has 0 bridgehead atoms. The molecule has 2 aromatic rings. The molecule has 10 nitrogen and oxygen atoms in total. The Morgan fingerprint density at radius 3 is 1.43 bits per heavy atom. The molecule has 0 unspecified atom stereocenters. The predicted molar refractivity (Wildman–Crippen MR) is 111 cm³/mol. The molecular formula is C20H22N4O6. The summed E-state index contributed by atoms with van der Waals surface area (Å²) < 4.78 is 20.9. The highest BCUT2D eigenvalue weighted by atomic mass is 16.5. The van der Waals surface area contributed by atoms with E-state index in [1.54, 1.807) is 36.4 Å². The van der Waals surface area contributed by atoms with E-state index in [1.807, 2.05) is 0 Å². The maximum atomic E-state index is 11.9. The van der Waals surface area contributed by atoms with Crippen molar-refractivity contribution in [2.24, 2.45) is 10.2 Å². The van der Waals surface area contributed by atoms with Gasteiger partial charge in [0.2, 0.25) is 0 Å². The van der Waals surface area contributed by atoms with E-state index in [9.17, 15) is 9.59 Å². The van der Waals surface area contributed by atoms with Crippen LogP contribution in [0.25, 0.3) is 0 Å². The summed E-state index contributed by atoms with van der Waals surface area (Å²) in [5.74, 6) is -0.0926. The molecule has 2 rings (SSSR count). The Balaban J connectivity index is 1.97. The van der Waals surface area contributed by atoms with Gasteiger partial charge in [0, 0.05) is 11.1 Å². The number of para-hydroxylation sites is 2. The van der Waals surface area contributed by atoms with Crippen molar-refractivity contribution >= 4 is 24.2 Å². The van der Waals surface area contributed by atoms with Crippen LogP contribution >= 0.6 is 0 Å². The zero-order valence-electron chi connectivity index (χ0n) is 17.0. The van der Waals surface area contributed by atoms with Gasteiger partial charge in [0.05, 0.1) is 40.9 Å². The van der Waals surface area contributed by atoms with Gasteiger partial charge in [-0.25, -0.2) is 10.9 Å². The molecule has 0 aliphatic carbocycles. The van der Waals surface area contributed by atoms with Crippen LogP contribution in [0.5, 0.6) is 23.0 Å². The Morgan fingerprint density at radius 1 is 0.700 bits per heavy atom. The van der Waals surface area contributed by atoms with E-state index < -0.39 is 11.8 Å². The molecule has 0 saturated heterocycles. The molecular weight excluding hydrogens is 392 g/mol. The highest BCUT2D eigenvalue weighted by Gasteiger charge is 2.13. The molecule has 0 radical (unpaired) electrons. The van der Waals surface area contributed by atoms with Crippen LogP contribution in [0.15, 0.2) is 46.6 Å². The summed E-state index contributed by atoms with van der Waals surface area (Å²) in [5, 5.41) is 7.51. The van der Waals surface area contributed by atoms with E-state index in [4.69, 9.17) is 18.9 Å². The summed E-state index contributed by atoms with van der Waals surface area (Å²) in [7, 11) is 5.98. The summed E-state index contributed by atoms with van der Waals surface area (Å²) in [5.41, 5.74) is 5.34.